The molecule has 2 saturated heterocycles. The van der Waals surface area contributed by atoms with E-state index >= 15 is 0 Å². The zero-order valence-corrected chi connectivity index (χ0v) is 14.1. The average molecular weight is 341 g/mol. The Bertz CT molecular complexity index is 565. The van der Waals surface area contributed by atoms with Crippen LogP contribution in [0.2, 0.25) is 0 Å². The maximum atomic E-state index is 11.6. The molecule has 0 radical (unpaired) electrons. The second-order valence-corrected chi connectivity index (χ2v) is 7.94. The first kappa shape index (κ1) is 16.6. The van der Waals surface area contributed by atoms with E-state index in [1.165, 1.54) is 4.90 Å². The van der Waals surface area contributed by atoms with Gasteiger partial charge in [-0.05, 0) is 20.3 Å². The first-order valence-electron chi connectivity index (χ1n) is 7.89. The molecule has 3 rings (SSSR count). The fraction of sp³-hybridized carbons (Fsp3) is 0.733. The molecule has 4 N–H and O–H groups in total. The third-order valence-electron chi connectivity index (χ3n) is 5.04. The molecule has 7 nitrogen and oxygen atoms in total. The second-order valence-electron chi connectivity index (χ2n) is 6.55. The van der Waals surface area contributed by atoms with Crippen LogP contribution in [-0.2, 0) is 4.79 Å². The number of hydrogen-bond donors (Lipinski definition) is 4. The Labute approximate surface area is 139 Å². The van der Waals surface area contributed by atoms with Crippen LogP contribution in [0.1, 0.15) is 26.7 Å². The molecule has 0 aromatic carbocycles. The fourth-order valence-electron chi connectivity index (χ4n) is 3.86. The van der Waals surface area contributed by atoms with Gasteiger partial charge in [-0.15, -0.1) is 11.8 Å². The van der Waals surface area contributed by atoms with Crippen LogP contribution in [0.25, 0.3) is 0 Å². The minimum atomic E-state index is -1.02. The largest absolute Gasteiger partial charge is 0.477 e. The summed E-state index contributed by atoms with van der Waals surface area (Å²) >= 11 is 1.56. The lowest BCUT2D eigenvalue weighted by molar-refractivity contribution is -0.185. The van der Waals surface area contributed by atoms with Crippen molar-refractivity contribution in [1.29, 1.82) is 5.41 Å². The van der Waals surface area contributed by atoms with E-state index in [4.69, 9.17) is 5.41 Å². The first-order chi connectivity index (χ1) is 10.8. The zero-order valence-electron chi connectivity index (χ0n) is 13.3. The summed E-state index contributed by atoms with van der Waals surface area (Å²) < 4.78 is 0. The van der Waals surface area contributed by atoms with Gasteiger partial charge in [-0.25, -0.2) is 4.79 Å². The lowest BCUT2D eigenvalue weighted by Gasteiger charge is -2.51. The van der Waals surface area contributed by atoms with Crippen LogP contribution in [0.3, 0.4) is 0 Å². The normalized spacial score (nSPS) is 34.4. The van der Waals surface area contributed by atoms with Crippen molar-refractivity contribution in [3.8, 4) is 0 Å². The smallest absolute Gasteiger partial charge is 0.353 e. The summed E-state index contributed by atoms with van der Waals surface area (Å²) in [5.41, 5.74) is 0.189. The van der Waals surface area contributed by atoms with Crippen molar-refractivity contribution >= 4 is 23.6 Å². The standard InChI is InChI=1S/C15H23N3O4S/c1-7(19)12-10-5-11(13(15(21)22)18(10)14(12)20)23-9-3-4-17(6-9)8(2)16/h7,9-10,12,14,16,19-20H,3-6H2,1-2H3,(H,21,22)/t7-,9+,10-,12-,14?/m1/s1. The van der Waals surface area contributed by atoms with Gasteiger partial charge in [-0.1, -0.05) is 0 Å². The Morgan fingerprint density at radius 2 is 2.17 bits per heavy atom. The number of aliphatic hydroxyl groups excluding tert-OH is 2. The summed E-state index contributed by atoms with van der Waals surface area (Å²) in [6.07, 6.45) is -0.0927. The number of likely N-dealkylation sites (tertiary alicyclic amines) is 1. The van der Waals surface area contributed by atoms with Gasteiger partial charge in [0.2, 0.25) is 0 Å². The van der Waals surface area contributed by atoms with Gasteiger partial charge in [0.25, 0.3) is 0 Å². The van der Waals surface area contributed by atoms with Crippen molar-refractivity contribution < 1.29 is 20.1 Å². The van der Waals surface area contributed by atoms with Gasteiger partial charge in [-0.3, -0.25) is 5.41 Å². The molecule has 0 spiro atoms. The maximum Gasteiger partial charge on any atom is 0.353 e. The van der Waals surface area contributed by atoms with E-state index in [0.717, 1.165) is 24.4 Å². The Kier molecular flexibility index (Phi) is 4.33. The number of carboxylic acid groups (broad SMARTS) is 1. The SMILES string of the molecule is CC(=N)N1CC[C@H](SC2=C(C(=O)O)N3C(O)[C@H]([C@@H](C)O)[C@H]3C2)C1. The Morgan fingerprint density at radius 3 is 2.70 bits per heavy atom. The van der Waals surface area contributed by atoms with Crippen LogP contribution in [-0.4, -0.2) is 73.6 Å². The molecule has 23 heavy (non-hydrogen) atoms. The van der Waals surface area contributed by atoms with Crippen LogP contribution >= 0.6 is 11.8 Å². The van der Waals surface area contributed by atoms with Crippen molar-refractivity contribution in [1.82, 2.24) is 9.80 Å². The number of hydrogen-bond acceptors (Lipinski definition) is 6. The molecular weight excluding hydrogens is 318 g/mol. The van der Waals surface area contributed by atoms with Gasteiger partial charge in [0.1, 0.15) is 11.9 Å². The summed E-state index contributed by atoms with van der Waals surface area (Å²) in [5, 5.41) is 37.5. The summed E-state index contributed by atoms with van der Waals surface area (Å²) in [7, 11) is 0. The van der Waals surface area contributed by atoms with E-state index < -0.39 is 18.3 Å². The molecule has 0 aromatic heterocycles. The topological polar surface area (TPSA) is 108 Å². The molecule has 5 atom stereocenters. The lowest BCUT2D eigenvalue weighted by atomic mass is 9.82. The van der Waals surface area contributed by atoms with Crippen LogP contribution in [0, 0.1) is 11.3 Å². The minimum absolute atomic E-state index is 0.124. The molecule has 128 valence electrons. The van der Waals surface area contributed by atoms with Crippen molar-refractivity contribution in [3.63, 3.8) is 0 Å². The predicted molar refractivity (Wildman–Crippen MR) is 87.1 cm³/mol. The molecule has 1 unspecified atom stereocenters. The number of aliphatic carboxylic acids is 1. The number of nitrogens with one attached hydrogen (secondary N) is 1. The van der Waals surface area contributed by atoms with Gasteiger partial charge in [0.15, 0.2) is 0 Å². The minimum Gasteiger partial charge on any atom is -0.477 e. The van der Waals surface area contributed by atoms with E-state index in [9.17, 15) is 20.1 Å². The highest BCUT2D eigenvalue weighted by atomic mass is 32.2. The number of aliphatic hydroxyl groups is 2. The zero-order chi connectivity index (χ0) is 16.9. The highest BCUT2D eigenvalue weighted by Gasteiger charge is 2.56. The van der Waals surface area contributed by atoms with Crippen LogP contribution in [0.5, 0.6) is 0 Å². The van der Waals surface area contributed by atoms with Gasteiger partial charge >= 0.3 is 5.97 Å². The highest BCUT2D eigenvalue weighted by Crippen LogP contribution is 2.50. The average Bonchev–Trinajstić information content (AvgIpc) is 3.02. The first-order valence-corrected chi connectivity index (χ1v) is 8.77. The Balaban J connectivity index is 1.74. The van der Waals surface area contributed by atoms with Gasteiger partial charge < -0.3 is 25.1 Å². The Morgan fingerprint density at radius 1 is 1.48 bits per heavy atom. The van der Waals surface area contributed by atoms with Crippen molar-refractivity contribution in [3.05, 3.63) is 10.6 Å². The third-order valence-corrected chi connectivity index (χ3v) is 6.40. The number of thioether (sulfide) groups is 1. The van der Waals surface area contributed by atoms with Crippen LogP contribution < -0.4 is 0 Å². The number of nitrogens with zero attached hydrogens (tertiary/aromatic N) is 2. The summed E-state index contributed by atoms with van der Waals surface area (Å²) in [5.74, 6) is -0.775. The molecule has 0 bridgehead atoms. The molecule has 8 heteroatoms. The number of fused-ring (bicyclic) bond motifs is 1. The summed E-state index contributed by atoms with van der Waals surface area (Å²) in [4.78, 5) is 16.0. The summed E-state index contributed by atoms with van der Waals surface area (Å²) in [6.45, 7) is 4.98. The molecule has 2 fully saturated rings. The Hall–Kier alpha value is -1.25. The number of carboxylic acids is 1. The maximum absolute atomic E-state index is 11.6. The van der Waals surface area contributed by atoms with Gasteiger partial charge in [-0.2, -0.15) is 0 Å². The van der Waals surface area contributed by atoms with Gasteiger partial charge in [0, 0.05) is 35.7 Å². The van der Waals surface area contributed by atoms with E-state index in [2.05, 4.69) is 0 Å². The van der Waals surface area contributed by atoms with E-state index in [1.807, 2.05) is 4.90 Å². The molecule has 0 saturated carbocycles. The molecular formula is C15H23N3O4S. The molecule has 3 heterocycles. The molecule has 0 aliphatic carbocycles. The summed E-state index contributed by atoms with van der Waals surface area (Å²) in [6, 6.07) is -0.124. The fourth-order valence-corrected chi connectivity index (χ4v) is 5.31. The predicted octanol–water partition coefficient (Wildman–Crippen LogP) is 0.491. The van der Waals surface area contributed by atoms with Crippen LogP contribution in [0.15, 0.2) is 10.6 Å². The quantitative estimate of drug-likeness (QED) is 0.435. The van der Waals surface area contributed by atoms with Crippen LogP contribution in [0.4, 0.5) is 0 Å². The van der Waals surface area contributed by atoms with E-state index in [-0.39, 0.29) is 22.9 Å². The van der Waals surface area contributed by atoms with Crippen molar-refractivity contribution in [2.75, 3.05) is 13.1 Å². The molecule has 0 aromatic rings. The highest BCUT2D eigenvalue weighted by molar-refractivity contribution is 8.03. The van der Waals surface area contributed by atoms with Gasteiger partial charge in [0.05, 0.1) is 17.9 Å². The third kappa shape index (κ3) is 2.72. The number of amidine groups is 1. The number of carbonyl (C=O) groups is 1. The van der Waals surface area contributed by atoms with Crippen molar-refractivity contribution in [2.45, 2.75) is 50.3 Å². The number of rotatable bonds is 4. The molecule has 3 aliphatic heterocycles. The lowest BCUT2D eigenvalue weighted by Crippen LogP contribution is -2.64. The monoisotopic (exact) mass is 341 g/mol. The second kappa shape index (κ2) is 5.99. The molecule has 0 amide bonds. The molecule has 3 aliphatic rings. The van der Waals surface area contributed by atoms with E-state index in [1.54, 1.807) is 25.6 Å². The van der Waals surface area contributed by atoms with E-state index in [0.29, 0.717) is 12.3 Å². The van der Waals surface area contributed by atoms with Crippen molar-refractivity contribution in [2.24, 2.45) is 5.92 Å².